The predicted molar refractivity (Wildman–Crippen MR) is 99.6 cm³/mol. The molecular weight excluding hydrogens is 355 g/mol. The molecule has 0 atom stereocenters. The number of hydrogen-bond acceptors (Lipinski definition) is 4. The molecule has 2 heterocycles. The standard InChI is InChI=1S/C15H14F3N5.C4H10/c1-10-6-13(23-14(22-10)20-9-21-23)19-8-12-4-2-11(3-5-12)7-15(16,17)18;1-4(2)3/h2-6,9,19H,7-8H2,1H3;4H,1-3H3. The second-order valence-electron chi connectivity index (χ2n) is 6.95. The highest BCUT2D eigenvalue weighted by atomic mass is 19.4. The van der Waals surface area contributed by atoms with Crippen LogP contribution >= 0.6 is 0 Å². The van der Waals surface area contributed by atoms with E-state index in [1.54, 1.807) is 16.6 Å². The smallest absolute Gasteiger partial charge is 0.366 e. The minimum absolute atomic E-state index is 0.250. The normalized spacial score (nSPS) is 11.4. The van der Waals surface area contributed by atoms with Crippen LogP contribution in [0.2, 0.25) is 0 Å². The molecule has 8 heteroatoms. The minimum atomic E-state index is -4.19. The van der Waals surface area contributed by atoms with E-state index in [2.05, 4.69) is 41.2 Å². The van der Waals surface area contributed by atoms with Crippen LogP contribution in [0.4, 0.5) is 19.0 Å². The van der Waals surface area contributed by atoms with Crippen molar-refractivity contribution < 1.29 is 13.2 Å². The van der Waals surface area contributed by atoms with Gasteiger partial charge in [-0.1, -0.05) is 45.0 Å². The summed E-state index contributed by atoms with van der Waals surface area (Å²) in [6, 6.07) is 8.18. The highest BCUT2D eigenvalue weighted by Gasteiger charge is 2.27. The van der Waals surface area contributed by atoms with Gasteiger partial charge >= 0.3 is 6.18 Å². The lowest BCUT2D eigenvalue weighted by Crippen LogP contribution is -2.11. The van der Waals surface area contributed by atoms with Gasteiger partial charge in [0, 0.05) is 18.3 Å². The summed E-state index contributed by atoms with van der Waals surface area (Å²) in [5.41, 5.74) is 1.92. The van der Waals surface area contributed by atoms with Gasteiger partial charge in [0.1, 0.15) is 12.1 Å². The van der Waals surface area contributed by atoms with Crippen molar-refractivity contribution in [3.63, 3.8) is 0 Å². The molecule has 146 valence electrons. The average Bonchev–Trinajstić information content (AvgIpc) is 3.00. The van der Waals surface area contributed by atoms with Gasteiger partial charge in [-0.15, -0.1) is 0 Å². The number of anilines is 1. The van der Waals surface area contributed by atoms with Crippen LogP contribution < -0.4 is 5.32 Å². The van der Waals surface area contributed by atoms with Crippen LogP contribution in [-0.2, 0) is 13.0 Å². The zero-order valence-corrected chi connectivity index (χ0v) is 15.9. The monoisotopic (exact) mass is 379 g/mol. The SMILES string of the molecule is CC(C)C.Cc1cc(NCc2ccc(CC(F)(F)F)cc2)n2ncnc2n1. The summed E-state index contributed by atoms with van der Waals surface area (Å²) in [5.74, 6) is 2.05. The van der Waals surface area contributed by atoms with Crippen LogP contribution in [0.15, 0.2) is 36.7 Å². The number of nitrogens with one attached hydrogen (secondary N) is 1. The van der Waals surface area contributed by atoms with Crippen LogP contribution in [-0.4, -0.2) is 25.8 Å². The number of aromatic nitrogens is 4. The van der Waals surface area contributed by atoms with E-state index in [9.17, 15) is 13.2 Å². The summed E-state index contributed by atoms with van der Waals surface area (Å²) in [6.07, 6.45) is -3.68. The number of aryl methyl sites for hydroxylation is 1. The van der Waals surface area contributed by atoms with Crippen LogP contribution in [0.1, 0.15) is 37.6 Å². The van der Waals surface area contributed by atoms with E-state index < -0.39 is 12.6 Å². The molecular formula is C19H24F3N5. The fraction of sp³-hybridized carbons (Fsp3) is 0.421. The molecule has 1 aromatic carbocycles. The van der Waals surface area contributed by atoms with E-state index in [1.807, 2.05) is 13.0 Å². The summed E-state index contributed by atoms with van der Waals surface area (Å²) in [5, 5.41) is 7.28. The highest BCUT2D eigenvalue weighted by molar-refractivity contribution is 5.45. The third-order valence-corrected chi connectivity index (χ3v) is 3.28. The molecule has 2 aromatic heterocycles. The lowest BCUT2D eigenvalue weighted by molar-refractivity contribution is -0.127. The summed E-state index contributed by atoms with van der Waals surface area (Å²) in [7, 11) is 0. The number of halogens is 3. The van der Waals surface area contributed by atoms with Crippen molar-refractivity contribution in [1.29, 1.82) is 0 Å². The van der Waals surface area contributed by atoms with Gasteiger partial charge in [0.2, 0.25) is 0 Å². The minimum Gasteiger partial charge on any atom is -0.366 e. The van der Waals surface area contributed by atoms with Crippen molar-refractivity contribution in [3.05, 3.63) is 53.5 Å². The Hall–Kier alpha value is -2.64. The number of nitrogens with zero attached hydrogens (tertiary/aromatic N) is 4. The van der Waals surface area contributed by atoms with E-state index in [-0.39, 0.29) is 5.56 Å². The van der Waals surface area contributed by atoms with E-state index in [0.29, 0.717) is 12.3 Å². The number of hydrogen-bond donors (Lipinski definition) is 1. The maximum atomic E-state index is 12.3. The molecule has 0 saturated heterocycles. The fourth-order valence-electron chi connectivity index (χ4n) is 2.26. The largest absolute Gasteiger partial charge is 0.393 e. The first-order valence-corrected chi connectivity index (χ1v) is 8.70. The van der Waals surface area contributed by atoms with Crippen molar-refractivity contribution in [1.82, 2.24) is 19.6 Å². The number of benzene rings is 1. The Balaban J connectivity index is 0.000000596. The molecule has 0 aliphatic heterocycles. The molecule has 0 aliphatic rings. The number of fused-ring (bicyclic) bond motifs is 1. The summed E-state index contributed by atoms with van der Waals surface area (Å²) in [4.78, 5) is 8.27. The van der Waals surface area contributed by atoms with Crippen molar-refractivity contribution in [2.24, 2.45) is 5.92 Å². The molecule has 3 aromatic rings. The second-order valence-corrected chi connectivity index (χ2v) is 6.95. The zero-order valence-electron chi connectivity index (χ0n) is 15.9. The Morgan fingerprint density at radius 2 is 1.67 bits per heavy atom. The van der Waals surface area contributed by atoms with Gasteiger partial charge < -0.3 is 5.32 Å². The van der Waals surface area contributed by atoms with Crippen LogP contribution in [0.25, 0.3) is 5.78 Å². The first kappa shape index (κ1) is 20.7. The molecule has 0 fully saturated rings. The van der Waals surface area contributed by atoms with Crippen LogP contribution in [0, 0.1) is 12.8 Å². The lowest BCUT2D eigenvalue weighted by Gasteiger charge is -2.10. The van der Waals surface area contributed by atoms with Gasteiger partial charge in [-0.3, -0.25) is 0 Å². The predicted octanol–water partition coefficient (Wildman–Crippen LogP) is 4.81. The van der Waals surface area contributed by atoms with Gasteiger partial charge in [0.05, 0.1) is 6.42 Å². The van der Waals surface area contributed by atoms with Gasteiger partial charge in [-0.2, -0.15) is 27.8 Å². The number of alkyl halides is 3. The van der Waals surface area contributed by atoms with E-state index in [4.69, 9.17) is 0 Å². The molecule has 0 amide bonds. The molecule has 5 nitrogen and oxygen atoms in total. The molecule has 27 heavy (non-hydrogen) atoms. The number of rotatable bonds is 4. The summed E-state index contributed by atoms with van der Waals surface area (Å²) < 4.78 is 38.6. The van der Waals surface area contributed by atoms with Crippen LogP contribution in [0.3, 0.4) is 0 Å². The average molecular weight is 379 g/mol. The Morgan fingerprint density at radius 1 is 1.07 bits per heavy atom. The van der Waals surface area contributed by atoms with Gasteiger partial charge in [-0.25, -0.2) is 4.98 Å². The Morgan fingerprint density at radius 3 is 2.26 bits per heavy atom. The summed E-state index contributed by atoms with van der Waals surface area (Å²) in [6.45, 7) is 8.82. The third-order valence-electron chi connectivity index (χ3n) is 3.28. The fourth-order valence-corrected chi connectivity index (χ4v) is 2.26. The molecule has 3 rings (SSSR count). The van der Waals surface area contributed by atoms with E-state index in [0.717, 1.165) is 23.0 Å². The van der Waals surface area contributed by atoms with E-state index >= 15 is 0 Å². The molecule has 0 bridgehead atoms. The maximum absolute atomic E-state index is 12.3. The van der Waals surface area contributed by atoms with Gasteiger partial charge in [-0.05, 0) is 24.0 Å². The Kier molecular flexibility index (Phi) is 6.76. The van der Waals surface area contributed by atoms with Crippen molar-refractivity contribution >= 4 is 11.6 Å². The first-order chi connectivity index (χ1) is 12.6. The highest BCUT2D eigenvalue weighted by Crippen LogP contribution is 2.21. The Bertz CT molecular complexity index is 851. The lowest BCUT2D eigenvalue weighted by atomic mass is 10.1. The van der Waals surface area contributed by atoms with Crippen LogP contribution in [0.5, 0.6) is 0 Å². The maximum Gasteiger partial charge on any atom is 0.393 e. The van der Waals surface area contributed by atoms with Gasteiger partial charge in [0.15, 0.2) is 0 Å². The zero-order chi connectivity index (χ0) is 20.0. The molecule has 0 radical (unpaired) electrons. The Labute approximate surface area is 156 Å². The molecule has 0 unspecified atom stereocenters. The van der Waals surface area contributed by atoms with Crippen molar-refractivity contribution in [2.45, 2.75) is 46.8 Å². The summed E-state index contributed by atoms with van der Waals surface area (Å²) >= 11 is 0. The molecule has 0 saturated carbocycles. The topological polar surface area (TPSA) is 55.1 Å². The molecule has 1 N–H and O–H groups in total. The first-order valence-electron chi connectivity index (χ1n) is 8.70. The van der Waals surface area contributed by atoms with Crippen molar-refractivity contribution in [3.8, 4) is 0 Å². The molecule has 0 aliphatic carbocycles. The van der Waals surface area contributed by atoms with Gasteiger partial charge in [0.25, 0.3) is 5.78 Å². The molecule has 0 spiro atoms. The quantitative estimate of drug-likeness (QED) is 0.707. The third kappa shape index (κ3) is 6.88. The van der Waals surface area contributed by atoms with E-state index in [1.165, 1.54) is 18.5 Å². The van der Waals surface area contributed by atoms with Crippen molar-refractivity contribution in [2.75, 3.05) is 5.32 Å². The second kappa shape index (κ2) is 8.83.